The zero-order chi connectivity index (χ0) is 24.3. The Kier molecular flexibility index (Phi) is 6.40. The zero-order valence-corrected chi connectivity index (χ0v) is 19.2. The number of amides is 3. The van der Waals surface area contributed by atoms with Crippen LogP contribution in [0.2, 0.25) is 0 Å². The summed E-state index contributed by atoms with van der Waals surface area (Å²) in [4.78, 5) is 48.4. The first-order valence-corrected chi connectivity index (χ1v) is 11.2. The monoisotopic (exact) mass is 457 g/mol. The second-order valence-electron chi connectivity index (χ2n) is 8.85. The van der Waals surface area contributed by atoms with Crippen LogP contribution in [-0.2, 0) is 4.79 Å². The van der Waals surface area contributed by atoms with Gasteiger partial charge in [0.1, 0.15) is 5.54 Å². The molecule has 2 aromatic carbocycles. The molecule has 0 spiro atoms. The summed E-state index contributed by atoms with van der Waals surface area (Å²) in [7, 11) is 0. The lowest BCUT2D eigenvalue weighted by Crippen LogP contribution is -2.55. The van der Waals surface area contributed by atoms with Crippen molar-refractivity contribution in [3.63, 3.8) is 0 Å². The molecule has 2 heterocycles. The number of nitrogens with one attached hydrogen (secondary N) is 1. The predicted molar refractivity (Wildman–Crippen MR) is 128 cm³/mol. The number of benzene rings is 2. The van der Waals surface area contributed by atoms with Crippen LogP contribution in [0.15, 0.2) is 66.9 Å². The average molecular weight is 458 g/mol. The minimum Gasteiger partial charge on any atom is -0.366 e. The van der Waals surface area contributed by atoms with Gasteiger partial charge in [-0.05, 0) is 57.0 Å². The van der Waals surface area contributed by atoms with Crippen molar-refractivity contribution in [1.29, 1.82) is 0 Å². The van der Waals surface area contributed by atoms with E-state index >= 15 is 0 Å². The summed E-state index contributed by atoms with van der Waals surface area (Å²) in [5.74, 6) is -0.448. The van der Waals surface area contributed by atoms with Crippen molar-refractivity contribution in [1.82, 2.24) is 20.2 Å². The molecule has 3 aromatic rings. The number of primary amides is 1. The molecule has 0 radical (unpaired) electrons. The fourth-order valence-electron chi connectivity index (χ4n) is 4.16. The van der Waals surface area contributed by atoms with Crippen molar-refractivity contribution >= 4 is 17.7 Å². The normalized spacial score (nSPS) is 15.7. The molecular formula is C26H27N5O3. The van der Waals surface area contributed by atoms with Crippen LogP contribution in [0.5, 0.6) is 0 Å². The highest BCUT2D eigenvalue weighted by atomic mass is 16.2. The van der Waals surface area contributed by atoms with Gasteiger partial charge in [0.15, 0.2) is 5.82 Å². The van der Waals surface area contributed by atoms with Crippen molar-refractivity contribution in [2.75, 3.05) is 6.54 Å². The molecule has 8 heteroatoms. The third kappa shape index (κ3) is 4.80. The number of hydrogen-bond donors (Lipinski definition) is 2. The summed E-state index contributed by atoms with van der Waals surface area (Å²) in [6, 6.07) is 17.2. The lowest BCUT2D eigenvalue weighted by atomic mass is 10.0. The highest BCUT2D eigenvalue weighted by molar-refractivity contribution is 5.99. The van der Waals surface area contributed by atoms with Crippen molar-refractivity contribution < 1.29 is 14.4 Å². The lowest BCUT2D eigenvalue weighted by Gasteiger charge is -2.33. The number of nitrogens with two attached hydrogens (primary N) is 1. The van der Waals surface area contributed by atoms with Gasteiger partial charge in [-0.2, -0.15) is 0 Å². The van der Waals surface area contributed by atoms with E-state index in [1.807, 2.05) is 12.1 Å². The van der Waals surface area contributed by atoms with Crippen LogP contribution in [0.4, 0.5) is 0 Å². The number of carbonyl (C=O) groups is 3. The fourth-order valence-corrected chi connectivity index (χ4v) is 4.16. The molecule has 1 aliphatic rings. The topological polar surface area (TPSA) is 118 Å². The van der Waals surface area contributed by atoms with Gasteiger partial charge in [-0.3, -0.25) is 14.4 Å². The first kappa shape index (κ1) is 23.1. The van der Waals surface area contributed by atoms with Gasteiger partial charge in [0.25, 0.3) is 5.91 Å². The second kappa shape index (κ2) is 9.43. The van der Waals surface area contributed by atoms with Gasteiger partial charge in [-0.15, -0.1) is 0 Å². The minimum absolute atomic E-state index is 0.162. The van der Waals surface area contributed by atoms with Gasteiger partial charge in [0.2, 0.25) is 11.8 Å². The quantitative estimate of drug-likeness (QED) is 0.590. The molecule has 0 aliphatic carbocycles. The molecule has 0 bridgehead atoms. The molecule has 1 atom stereocenters. The molecule has 1 aliphatic heterocycles. The van der Waals surface area contributed by atoms with E-state index in [4.69, 9.17) is 10.7 Å². The van der Waals surface area contributed by atoms with E-state index in [1.165, 1.54) is 0 Å². The van der Waals surface area contributed by atoms with E-state index in [1.54, 1.807) is 73.5 Å². The first-order valence-electron chi connectivity index (χ1n) is 11.2. The summed E-state index contributed by atoms with van der Waals surface area (Å²) >= 11 is 0. The molecule has 0 unspecified atom stereocenters. The maximum absolute atomic E-state index is 13.5. The fraction of sp³-hybridized carbons (Fsp3) is 0.269. The number of rotatable bonds is 6. The van der Waals surface area contributed by atoms with E-state index in [0.29, 0.717) is 23.5 Å². The summed E-state index contributed by atoms with van der Waals surface area (Å²) in [5, 5.41) is 2.87. The average Bonchev–Trinajstić information content (AvgIpc) is 3.34. The zero-order valence-electron chi connectivity index (χ0n) is 19.2. The number of aromatic nitrogens is 2. The van der Waals surface area contributed by atoms with Crippen LogP contribution >= 0.6 is 0 Å². The van der Waals surface area contributed by atoms with Gasteiger partial charge < -0.3 is 16.0 Å². The van der Waals surface area contributed by atoms with Crippen LogP contribution in [0.25, 0.3) is 11.4 Å². The summed E-state index contributed by atoms with van der Waals surface area (Å²) in [6.45, 7) is 4.02. The molecule has 0 saturated carbocycles. The molecule has 1 saturated heterocycles. The molecule has 1 fully saturated rings. The number of carbonyl (C=O) groups excluding carboxylic acids is 3. The van der Waals surface area contributed by atoms with Crippen LogP contribution < -0.4 is 11.1 Å². The Balaban J connectivity index is 1.53. The largest absolute Gasteiger partial charge is 0.366 e. The van der Waals surface area contributed by atoms with Gasteiger partial charge in [0.05, 0.1) is 11.7 Å². The summed E-state index contributed by atoms with van der Waals surface area (Å²) in [5.41, 5.74) is 6.63. The number of nitrogens with zero attached hydrogens (tertiary/aromatic N) is 3. The molecule has 8 nitrogen and oxygen atoms in total. The van der Waals surface area contributed by atoms with Gasteiger partial charge in [-0.1, -0.05) is 30.3 Å². The predicted octanol–water partition coefficient (Wildman–Crippen LogP) is 3.11. The number of hydrogen-bond acceptors (Lipinski definition) is 5. The Morgan fingerprint density at radius 2 is 1.71 bits per heavy atom. The molecule has 3 amide bonds. The number of likely N-dealkylation sites (tertiary alicyclic amines) is 1. The Hall–Kier alpha value is -4.07. The van der Waals surface area contributed by atoms with Crippen molar-refractivity contribution in [2.45, 2.75) is 38.3 Å². The first-order chi connectivity index (χ1) is 16.3. The Morgan fingerprint density at radius 1 is 1.00 bits per heavy atom. The highest BCUT2D eigenvalue weighted by Gasteiger charge is 2.40. The molecule has 34 heavy (non-hydrogen) atoms. The standard InChI is InChI=1S/C26H27N5O3/c1-26(2,30-24(33)19-7-4-3-5-8-19)25(34)31-16-6-9-21(31)20-14-15-28-23(29-20)18-12-10-17(11-13-18)22(27)32/h3-5,7-8,10-15,21H,6,9,16H2,1-2H3,(H2,27,32)(H,30,33)/t21-/m0/s1. The Labute approximate surface area is 198 Å². The van der Waals surface area contributed by atoms with E-state index in [2.05, 4.69) is 10.3 Å². The third-order valence-corrected chi connectivity index (χ3v) is 5.96. The van der Waals surface area contributed by atoms with Gasteiger partial charge >= 0.3 is 0 Å². The van der Waals surface area contributed by atoms with E-state index < -0.39 is 11.4 Å². The Morgan fingerprint density at radius 3 is 2.38 bits per heavy atom. The van der Waals surface area contributed by atoms with Crippen LogP contribution in [-0.4, -0.2) is 44.7 Å². The SMILES string of the molecule is CC(C)(NC(=O)c1ccccc1)C(=O)N1CCC[C@H]1c1ccnc(-c2ccc(C(N)=O)cc2)n1. The summed E-state index contributed by atoms with van der Waals surface area (Å²) in [6.07, 6.45) is 3.28. The van der Waals surface area contributed by atoms with Crippen LogP contribution in [0, 0.1) is 0 Å². The van der Waals surface area contributed by atoms with Gasteiger partial charge in [-0.25, -0.2) is 9.97 Å². The molecular weight excluding hydrogens is 430 g/mol. The molecule has 1 aromatic heterocycles. The molecule has 4 rings (SSSR count). The molecule has 3 N–H and O–H groups in total. The summed E-state index contributed by atoms with van der Waals surface area (Å²) < 4.78 is 0. The minimum atomic E-state index is -1.09. The molecule has 174 valence electrons. The van der Waals surface area contributed by atoms with Crippen molar-refractivity contribution in [2.24, 2.45) is 5.73 Å². The van der Waals surface area contributed by atoms with E-state index in [0.717, 1.165) is 24.1 Å². The van der Waals surface area contributed by atoms with Crippen molar-refractivity contribution in [3.8, 4) is 11.4 Å². The Bertz CT molecular complexity index is 1210. The van der Waals surface area contributed by atoms with E-state index in [-0.39, 0.29) is 17.9 Å². The van der Waals surface area contributed by atoms with Gasteiger partial charge in [0, 0.05) is 29.4 Å². The smallest absolute Gasteiger partial charge is 0.252 e. The lowest BCUT2D eigenvalue weighted by molar-refractivity contribution is -0.137. The highest BCUT2D eigenvalue weighted by Crippen LogP contribution is 2.33. The second-order valence-corrected chi connectivity index (χ2v) is 8.85. The van der Waals surface area contributed by atoms with Crippen molar-refractivity contribution in [3.05, 3.63) is 83.7 Å². The maximum atomic E-state index is 13.5. The van der Waals surface area contributed by atoms with Crippen LogP contribution in [0.1, 0.15) is 59.1 Å². The maximum Gasteiger partial charge on any atom is 0.252 e. The van der Waals surface area contributed by atoms with E-state index in [9.17, 15) is 14.4 Å². The van der Waals surface area contributed by atoms with Crippen LogP contribution in [0.3, 0.4) is 0 Å². The third-order valence-electron chi connectivity index (χ3n) is 5.96.